The summed E-state index contributed by atoms with van der Waals surface area (Å²) in [4.78, 5) is 47.8. The number of unbranched alkanes of at least 4 members (excludes halogenated alkanes) is 10. The van der Waals surface area contributed by atoms with Gasteiger partial charge in [-0.25, -0.2) is 9.59 Å². The lowest BCUT2D eigenvalue weighted by molar-refractivity contribution is -0.152. The molecule has 0 fully saturated rings. The lowest BCUT2D eigenvalue weighted by Crippen LogP contribution is -2.36. The average molecular weight is 685 g/mol. The van der Waals surface area contributed by atoms with Crippen molar-refractivity contribution >= 4 is 23.9 Å². The molecule has 2 heterocycles. The third-order valence-corrected chi connectivity index (χ3v) is 8.85. The molecular formula is C37H48O12. The van der Waals surface area contributed by atoms with E-state index >= 15 is 0 Å². The van der Waals surface area contributed by atoms with E-state index < -0.39 is 48.3 Å². The molecule has 0 saturated carbocycles. The molecule has 12 heteroatoms. The van der Waals surface area contributed by atoms with Crippen LogP contribution in [0.25, 0.3) is 0 Å². The largest absolute Gasteiger partial charge is 0.493 e. The first-order valence-electron chi connectivity index (χ1n) is 17.1. The van der Waals surface area contributed by atoms with E-state index in [2.05, 4.69) is 0 Å². The second-order valence-electron chi connectivity index (χ2n) is 12.6. The summed E-state index contributed by atoms with van der Waals surface area (Å²) in [6, 6.07) is 10.2. The summed E-state index contributed by atoms with van der Waals surface area (Å²) < 4.78 is 32.8. The number of fused-ring (bicyclic) bond motifs is 2. The van der Waals surface area contributed by atoms with Crippen LogP contribution in [0.1, 0.15) is 116 Å². The Morgan fingerprint density at radius 3 is 1.27 bits per heavy atom. The molecule has 0 unspecified atom stereocenters. The zero-order valence-corrected chi connectivity index (χ0v) is 28.5. The average Bonchev–Trinajstić information content (AvgIpc) is 3.55. The highest BCUT2D eigenvalue weighted by molar-refractivity contribution is 5.98. The van der Waals surface area contributed by atoms with Crippen molar-refractivity contribution in [3.63, 3.8) is 0 Å². The molecule has 268 valence electrons. The van der Waals surface area contributed by atoms with Crippen LogP contribution < -0.4 is 9.47 Å². The molecule has 2 N–H and O–H groups in total. The quantitative estimate of drug-likeness (QED) is 0.0939. The molecule has 2 atom stereocenters. The summed E-state index contributed by atoms with van der Waals surface area (Å²) in [5, 5.41) is 19.9. The number of benzene rings is 2. The van der Waals surface area contributed by atoms with Gasteiger partial charge in [-0.15, -0.1) is 0 Å². The van der Waals surface area contributed by atoms with Gasteiger partial charge in [-0.05, 0) is 25.0 Å². The maximum absolute atomic E-state index is 12.6. The number of aliphatic hydroxyl groups excluding tert-OH is 2. The predicted molar refractivity (Wildman–Crippen MR) is 176 cm³/mol. The van der Waals surface area contributed by atoms with Gasteiger partial charge in [0.05, 0.1) is 26.4 Å². The molecule has 2 aliphatic heterocycles. The monoisotopic (exact) mass is 684 g/mol. The van der Waals surface area contributed by atoms with Crippen molar-refractivity contribution in [3.8, 4) is 11.5 Å². The Kier molecular flexibility index (Phi) is 13.8. The van der Waals surface area contributed by atoms with Gasteiger partial charge in [0.25, 0.3) is 0 Å². The second-order valence-corrected chi connectivity index (χ2v) is 12.6. The van der Waals surface area contributed by atoms with E-state index in [4.69, 9.17) is 28.4 Å². The summed E-state index contributed by atoms with van der Waals surface area (Å²) in [7, 11) is 0. The van der Waals surface area contributed by atoms with E-state index in [1.807, 2.05) is 0 Å². The topological polar surface area (TPSA) is 164 Å². The molecule has 0 amide bonds. The van der Waals surface area contributed by atoms with Crippen LogP contribution in [0.5, 0.6) is 11.5 Å². The van der Waals surface area contributed by atoms with Gasteiger partial charge in [-0.2, -0.15) is 0 Å². The van der Waals surface area contributed by atoms with Crippen LogP contribution in [-0.4, -0.2) is 73.7 Å². The molecule has 4 rings (SSSR count). The summed E-state index contributed by atoms with van der Waals surface area (Å²) in [5.74, 6) is -1.45. The highest BCUT2D eigenvalue weighted by Gasteiger charge is 2.49. The molecular weight excluding hydrogens is 636 g/mol. The van der Waals surface area contributed by atoms with Crippen LogP contribution in [0.15, 0.2) is 36.4 Å². The number of aliphatic hydroxyl groups is 2. The molecule has 12 nitrogen and oxygen atoms in total. The number of carbonyl (C=O) groups excluding carboxylic acids is 4. The van der Waals surface area contributed by atoms with Gasteiger partial charge < -0.3 is 38.6 Å². The third-order valence-electron chi connectivity index (χ3n) is 8.85. The number of cyclic esters (lactones) is 2. The molecule has 0 saturated heterocycles. The summed E-state index contributed by atoms with van der Waals surface area (Å²) in [6.45, 7) is 1.89. The van der Waals surface area contributed by atoms with Crippen molar-refractivity contribution in [1.29, 1.82) is 0 Å². The predicted octanol–water partition coefficient (Wildman–Crippen LogP) is 5.28. The Morgan fingerprint density at radius 1 is 0.592 bits per heavy atom. The van der Waals surface area contributed by atoms with Gasteiger partial charge in [-0.3, -0.25) is 9.59 Å². The van der Waals surface area contributed by atoms with E-state index in [9.17, 15) is 29.4 Å². The van der Waals surface area contributed by atoms with E-state index in [-0.39, 0.29) is 24.3 Å². The SMILES string of the molecule is CC(=O)OC[C@@]1(CO)OC(=O)c2c(OCCCCCCCCCCCCCOc3cccc4c3C(=O)O[C@]4(CO)COC(C)=O)cccc21. The molecule has 49 heavy (non-hydrogen) atoms. The Morgan fingerprint density at radius 2 is 0.939 bits per heavy atom. The number of carbonyl (C=O) groups is 4. The van der Waals surface area contributed by atoms with Crippen molar-refractivity contribution in [2.45, 2.75) is 95.7 Å². The maximum atomic E-state index is 12.6. The van der Waals surface area contributed by atoms with Crippen LogP contribution in [0.3, 0.4) is 0 Å². The van der Waals surface area contributed by atoms with Crippen LogP contribution in [0.4, 0.5) is 0 Å². The number of rotatable bonds is 22. The smallest absolute Gasteiger partial charge is 0.343 e. The minimum atomic E-state index is -1.42. The number of hydrogen-bond donors (Lipinski definition) is 2. The molecule has 0 aliphatic carbocycles. The van der Waals surface area contributed by atoms with Crippen molar-refractivity contribution in [2.75, 3.05) is 39.6 Å². The Balaban J connectivity index is 1.04. The highest BCUT2D eigenvalue weighted by atomic mass is 16.6. The fourth-order valence-electron chi connectivity index (χ4n) is 6.19. The fraction of sp³-hybridized carbons (Fsp3) is 0.568. The zero-order chi connectivity index (χ0) is 35.3. The summed E-state index contributed by atoms with van der Waals surface area (Å²) in [6.07, 6.45) is 11.8. The van der Waals surface area contributed by atoms with Gasteiger partial charge in [0, 0.05) is 25.0 Å². The Labute approximate surface area is 287 Å². The van der Waals surface area contributed by atoms with Crippen LogP contribution in [-0.2, 0) is 39.7 Å². The van der Waals surface area contributed by atoms with Gasteiger partial charge >= 0.3 is 23.9 Å². The summed E-state index contributed by atoms with van der Waals surface area (Å²) in [5.41, 5.74) is -1.38. The minimum absolute atomic E-state index is 0.260. The Bertz CT molecular complexity index is 1350. The first kappa shape index (κ1) is 37.7. The van der Waals surface area contributed by atoms with Crippen LogP contribution in [0.2, 0.25) is 0 Å². The zero-order valence-electron chi connectivity index (χ0n) is 28.5. The summed E-state index contributed by atoms with van der Waals surface area (Å²) >= 11 is 0. The van der Waals surface area contributed by atoms with E-state index in [0.717, 1.165) is 51.4 Å². The molecule has 2 aromatic carbocycles. The van der Waals surface area contributed by atoms with Crippen molar-refractivity contribution < 1.29 is 57.8 Å². The Hall–Kier alpha value is -4.16. The molecule has 2 aliphatic rings. The third kappa shape index (κ3) is 9.51. The molecule has 0 aromatic heterocycles. The van der Waals surface area contributed by atoms with Crippen molar-refractivity contribution in [3.05, 3.63) is 58.7 Å². The van der Waals surface area contributed by atoms with Crippen LogP contribution in [0, 0.1) is 0 Å². The maximum Gasteiger partial charge on any atom is 0.343 e. The lowest BCUT2D eigenvalue weighted by atomic mass is 9.93. The standard InChI is InChI=1S/C37H48O12/c1-26(40)46-24-36(22-38)28-16-14-18-30(32(28)34(42)48-36)44-20-12-10-8-6-4-3-5-7-9-11-13-21-45-31-19-15-17-29-33(31)35(43)49-37(29,23-39)25-47-27(2)41/h14-19,38-39H,3-13,20-25H2,1-2H3/t36-,37-/m1/s1. The van der Waals surface area contributed by atoms with Crippen LogP contribution >= 0.6 is 0 Å². The van der Waals surface area contributed by atoms with Crippen molar-refractivity contribution in [2.24, 2.45) is 0 Å². The molecule has 0 radical (unpaired) electrons. The van der Waals surface area contributed by atoms with E-state index in [1.54, 1.807) is 36.4 Å². The number of esters is 4. The number of hydrogen-bond acceptors (Lipinski definition) is 12. The second kappa shape index (κ2) is 18.0. The van der Waals surface area contributed by atoms with Gasteiger partial charge in [-0.1, -0.05) is 82.1 Å². The minimum Gasteiger partial charge on any atom is -0.493 e. The van der Waals surface area contributed by atoms with Gasteiger partial charge in [0.1, 0.15) is 35.8 Å². The van der Waals surface area contributed by atoms with E-state index in [1.165, 1.54) is 33.1 Å². The first-order chi connectivity index (χ1) is 23.7. The fourth-order valence-corrected chi connectivity index (χ4v) is 6.19. The van der Waals surface area contributed by atoms with Gasteiger partial charge in [0.15, 0.2) is 11.2 Å². The molecule has 0 bridgehead atoms. The van der Waals surface area contributed by atoms with Gasteiger partial charge in [0.2, 0.25) is 0 Å². The first-order valence-corrected chi connectivity index (χ1v) is 17.1. The number of ether oxygens (including phenoxy) is 6. The molecule has 2 aromatic rings. The normalized spacial score (nSPS) is 19.1. The highest BCUT2D eigenvalue weighted by Crippen LogP contribution is 2.42. The van der Waals surface area contributed by atoms with Crippen molar-refractivity contribution in [1.82, 2.24) is 0 Å². The molecule has 0 spiro atoms. The van der Waals surface area contributed by atoms with E-state index in [0.29, 0.717) is 35.8 Å². The lowest BCUT2D eigenvalue weighted by Gasteiger charge is -2.25.